The van der Waals surface area contributed by atoms with Crippen LogP contribution in [-0.2, 0) is 16.8 Å². The minimum absolute atomic E-state index is 0.0948. The van der Waals surface area contributed by atoms with Gasteiger partial charge in [-0.15, -0.1) is 11.6 Å². The van der Waals surface area contributed by atoms with Crippen LogP contribution < -0.4 is 10.9 Å². The predicted molar refractivity (Wildman–Crippen MR) is 131 cm³/mol. The first-order valence-electron chi connectivity index (χ1n) is 11.2. The molecule has 2 fully saturated rings. The molecular weight excluding hydrogens is 444 g/mol. The molecule has 5 rings (SSSR count). The summed E-state index contributed by atoms with van der Waals surface area (Å²) >= 11 is 6.47. The number of H-pyrrole nitrogens is 1. The molecule has 0 amide bonds. The van der Waals surface area contributed by atoms with E-state index in [0.29, 0.717) is 29.3 Å². The maximum absolute atomic E-state index is 13.4. The van der Waals surface area contributed by atoms with Gasteiger partial charge in [0.25, 0.3) is 5.56 Å². The highest BCUT2D eigenvalue weighted by Crippen LogP contribution is 2.51. The Hall–Kier alpha value is -2.25. The summed E-state index contributed by atoms with van der Waals surface area (Å²) in [5.41, 5.74) is 3.09. The molecule has 2 heterocycles. The van der Waals surface area contributed by atoms with Crippen LogP contribution in [0.2, 0.25) is 0 Å². The topological polar surface area (TPSA) is 90.7 Å². The van der Waals surface area contributed by atoms with E-state index in [9.17, 15) is 9.00 Å². The smallest absolute Gasteiger partial charge is 0.274 e. The number of halogens is 1. The van der Waals surface area contributed by atoms with Crippen molar-refractivity contribution in [1.82, 2.24) is 9.55 Å². The number of benzene rings is 1. The van der Waals surface area contributed by atoms with Gasteiger partial charge in [0, 0.05) is 52.6 Å². The molecule has 3 aromatic rings. The van der Waals surface area contributed by atoms with Crippen LogP contribution in [0.1, 0.15) is 45.4 Å². The lowest BCUT2D eigenvalue weighted by Crippen LogP contribution is -2.25. The third-order valence-electron chi connectivity index (χ3n) is 7.04. The van der Waals surface area contributed by atoms with Crippen molar-refractivity contribution in [3.8, 4) is 11.1 Å². The number of aromatic nitrogens is 2. The number of fused-ring (bicyclic) bond motifs is 1. The van der Waals surface area contributed by atoms with Gasteiger partial charge in [-0.05, 0) is 68.7 Å². The second-order valence-corrected chi connectivity index (χ2v) is 12.8. The van der Waals surface area contributed by atoms with E-state index in [1.54, 1.807) is 23.9 Å². The highest BCUT2D eigenvalue weighted by molar-refractivity contribution is 7.95. The molecular formula is C24H29ClN4O2S. The van der Waals surface area contributed by atoms with Crippen molar-refractivity contribution in [2.24, 2.45) is 13.0 Å². The first-order chi connectivity index (χ1) is 15.2. The van der Waals surface area contributed by atoms with Gasteiger partial charge in [-0.3, -0.25) is 4.79 Å². The number of hydrogen-bond donors (Lipinski definition) is 3. The molecule has 2 saturated carbocycles. The molecule has 32 heavy (non-hydrogen) atoms. The normalized spacial score (nSPS) is 24.2. The van der Waals surface area contributed by atoms with Crippen molar-refractivity contribution < 1.29 is 4.21 Å². The van der Waals surface area contributed by atoms with Gasteiger partial charge < -0.3 is 14.9 Å². The van der Waals surface area contributed by atoms with Crippen LogP contribution in [0.25, 0.3) is 22.0 Å². The molecule has 2 aliphatic rings. The average Bonchev–Trinajstić information content (AvgIpc) is 3.34. The highest BCUT2D eigenvalue weighted by atomic mass is 35.5. The van der Waals surface area contributed by atoms with E-state index in [0.717, 1.165) is 41.0 Å². The summed E-state index contributed by atoms with van der Waals surface area (Å²) in [5.74, 6) is 0.754. The van der Waals surface area contributed by atoms with E-state index in [2.05, 4.69) is 17.2 Å². The zero-order chi connectivity index (χ0) is 22.7. The fourth-order valence-corrected chi connectivity index (χ4v) is 6.76. The number of alkyl halides is 1. The standard InChI is InChI=1S/C24H29ClN4O2S/c1-15-3-5-16(6-4-15)28-21-8-7-17(32(26,31)24(25)10-11-24)13-19(21)20-14-29(2)23(30)22-18(20)9-12-27-22/h7-9,12-16,26-28H,3-6,10-11H2,1-2H3. The Kier molecular flexibility index (Phi) is 5.17. The fraction of sp³-hybridized carbons (Fsp3) is 0.458. The first-order valence-corrected chi connectivity index (χ1v) is 13.2. The van der Waals surface area contributed by atoms with Crippen LogP contribution in [0.15, 0.2) is 46.3 Å². The molecule has 170 valence electrons. The highest BCUT2D eigenvalue weighted by Gasteiger charge is 2.51. The third-order valence-corrected chi connectivity index (χ3v) is 10.4. The Balaban J connectivity index is 1.66. The van der Waals surface area contributed by atoms with Crippen LogP contribution in [-0.4, -0.2) is 24.0 Å². The van der Waals surface area contributed by atoms with Crippen molar-refractivity contribution in [1.29, 1.82) is 4.78 Å². The molecule has 0 radical (unpaired) electrons. The first kappa shape index (κ1) is 21.6. The molecule has 0 spiro atoms. The number of aryl methyl sites for hydroxylation is 1. The number of anilines is 1. The Morgan fingerprint density at radius 1 is 1.19 bits per heavy atom. The van der Waals surface area contributed by atoms with Gasteiger partial charge in [0.2, 0.25) is 0 Å². The molecule has 0 aliphatic heterocycles. The molecule has 3 N–H and O–H groups in total. The summed E-state index contributed by atoms with van der Waals surface area (Å²) in [4.78, 5) is 16.1. The lowest BCUT2D eigenvalue weighted by molar-refractivity contribution is 0.361. The van der Waals surface area contributed by atoms with Gasteiger partial charge in [0.15, 0.2) is 0 Å². The minimum Gasteiger partial charge on any atom is -0.382 e. The zero-order valence-electron chi connectivity index (χ0n) is 18.4. The quantitative estimate of drug-likeness (QED) is 0.418. The van der Waals surface area contributed by atoms with E-state index in [1.165, 1.54) is 12.8 Å². The van der Waals surface area contributed by atoms with Crippen LogP contribution in [0.3, 0.4) is 0 Å². The molecule has 0 saturated heterocycles. The van der Waals surface area contributed by atoms with E-state index >= 15 is 0 Å². The summed E-state index contributed by atoms with van der Waals surface area (Å²) in [6.45, 7) is 2.30. The van der Waals surface area contributed by atoms with Crippen molar-refractivity contribution >= 4 is 37.9 Å². The summed E-state index contributed by atoms with van der Waals surface area (Å²) in [6.07, 6.45) is 9.38. The van der Waals surface area contributed by atoms with Gasteiger partial charge in [-0.2, -0.15) is 0 Å². The van der Waals surface area contributed by atoms with Crippen molar-refractivity contribution in [2.45, 2.75) is 60.6 Å². The molecule has 8 heteroatoms. The van der Waals surface area contributed by atoms with Gasteiger partial charge >= 0.3 is 0 Å². The average molecular weight is 473 g/mol. The van der Waals surface area contributed by atoms with Crippen molar-refractivity contribution in [3.05, 3.63) is 47.0 Å². The van der Waals surface area contributed by atoms with Crippen LogP contribution in [0.5, 0.6) is 0 Å². The Labute approximate surface area is 193 Å². The molecule has 0 bridgehead atoms. The number of pyridine rings is 1. The van der Waals surface area contributed by atoms with Gasteiger partial charge in [-0.1, -0.05) is 6.92 Å². The van der Waals surface area contributed by atoms with E-state index in [4.69, 9.17) is 16.4 Å². The number of hydrogen-bond acceptors (Lipinski definition) is 4. The van der Waals surface area contributed by atoms with Gasteiger partial charge in [0.05, 0.1) is 9.73 Å². The maximum atomic E-state index is 13.4. The third kappa shape index (κ3) is 3.55. The van der Waals surface area contributed by atoms with Crippen LogP contribution >= 0.6 is 11.6 Å². The second kappa shape index (κ2) is 7.66. The Morgan fingerprint density at radius 2 is 1.91 bits per heavy atom. The lowest BCUT2D eigenvalue weighted by atomic mass is 9.87. The lowest BCUT2D eigenvalue weighted by Gasteiger charge is -2.29. The van der Waals surface area contributed by atoms with E-state index < -0.39 is 13.9 Å². The number of rotatable bonds is 5. The van der Waals surface area contributed by atoms with Gasteiger partial charge in [0.1, 0.15) is 9.72 Å². The zero-order valence-corrected chi connectivity index (χ0v) is 20.0. The SMILES string of the molecule is CC1CCC(Nc2ccc(S(=N)(=O)C3(Cl)CC3)cc2-c2cn(C)c(=O)c3[nH]ccc23)CC1. The maximum Gasteiger partial charge on any atom is 0.274 e. The van der Waals surface area contributed by atoms with E-state index in [-0.39, 0.29) is 5.56 Å². The Bertz CT molecular complexity index is 1350. The van der Waals surface area contributed by atoms with E-state index in [1.807, 2.05) is 24.4 Å². The van der Waals surface area contributed by atoms with Gasteiger partial charge in [-0.25, -0.2) is 8.99 Å². The largest absolute Gasteiger partial charge is 0.382 e. The summed E-state index contributed by atoms with van der Waals surface area (Å²) in [6, 6.07) is 7.83. The number of aromatic amines is 1. The number of nitrogens with one attached hydrogen (secondary N) is 3. The predicted octanol–water partition coefficient (Wildman–Crippen LogP) is 5.66. The molecule has 2 aliphatic carbocycles. The minimum atomic E-state index is -3.15. The molecule has 6 nitrogen and oxygen atoms in total. The molecule has 1 aromatic carbocycles. The number of nitrogens with zero attached hydrogens (tertiary/aromatic N) is 1. The summed E-state index contributed by atoms with van der Waals surface area (Å²) < 4.78 is 22.6. The second-order valence-electron chi connectivity index (χ2n) is 9.47. The summed E-state index contributed by atoms with van der Waals surface area (Å²) in [7, 11) is -1.42. The molecule has 1 atom stereocenters. The van der Waals surface area contributed by atoms with Crippen molar-refractivity contribution in [3.63, 3.8) is 0 Å². The van der Waals surface area contributed by atoms with Crippen molar-refractivity contribution in [2.75, 3.05) is 5.32 Å². The van der Waals surface area contributed by atoms with Crippen LogP contribution in [0.4, 0.5) is 5.69 Å². The summed E-state index contributed by atoms with van der Waals surface area (Å²) in [5, 5.41) is 4.52. The molecule has 2 aromatic heterocycles. The molecule has 1 unspecified atom stereocenters. The monoisotopic (exact) mass is 472 g/mol. The fourth-order valence-electron chi connectivity index (χ4n) is 4.76. The van der Waals surface area contributed by atoms with Crippen LogP contribution in [0, 0.1) is 10.7 Å². The Morgan fingerprint density at radius 3 is 2.59 bits per heavy atom.